The van der Waals surface area contributed by atoms with Crippen LogP contribution in [0.25, 0.3) is 0 Å². The van der Waals surface area contributed by atoms with Crippen LogP contribution in [0.15, 0.2) is 17.7 Å². The minimum atomic E-state index is -0.535. The van der Waals surface area contributed by atoms with E-state index in [9.17, 15) is 24.6 Å². The van der Waals surface area contributed by atoms with Gasteiger partial charge in [-0.1, -0.05) is 40.7 Å². The van der Waals surface area contributed by atoms with Crippen molar-refractivity contribution in [2.75, 3.05) is 0 Å². The average Bonchev–Trinajstić information content (AvgIpc) is 2.74. The number of aromatic hydroxyl groups is 2. The number of carbonyl (C=O) groups is 3. The van der Waals surface area contributed by atoms with Crippen molar-refractivity contribution in [2.45, 2.75) is 86.7 Å². The van der Waals surface area contributed by atoms with Gasteiger partial charge in [0.1, 0.15) is 23.4 Å². The second kappa shape index (κ2) is 11.2. The van der Waals surface area contributed by atoms with E-state index < -0.39 is 6.10 Å². The quantitative estimate of drug-likeness (QED) is 0.272. The summed E-state index contributed by atoms with van der Waals surface area (Å²) < 4.78 is 5.94. The lowest BCUT2D eigenvalue weighted by molar-refractivity contribution is -0.151. The van der Waals surface area contributed by atoms with Crippen molar-refractivity contribution in [1.82, 2.24) is 0 Å². The first kappa shape index (κ1) is 27.6. The Morgan fingerprint density at radius 3 is 2.53 bits per heavy atom. The van der Waals surface area contributed by atoms with Gasteiger partial charge in [0, 0.05) is 24.3 Å². The lowest BCUT2D eigenvalue weighted by Crippen LogP contribution is -2.44. The maximum absolute atomic E-state index is 12.6. The fraction of sp³-hybridized carbons (Fsp3) is 0.607. The predicted molar refractivity (Wildman–Crippen MR) is 132 cm³/mol. The van der Waals surface area contributed by atoms with Crippen LogP contribution in [0.4, 0.5) is 0 Å². The molecule has 0 unspecified atom stereocenters. The van der Waals surface area contributed by atoms with Crippen molar-refractivity contribution in [3.05, 3.63) is 34.4 Å². The summed E-state index contributed by atoms with van der Waals surface area (Å²) in [6.07, 6.45) is 4.23. The summed E-state index contributed by atoms with van der Waals surface area (Å²) in [6.45, 7) is 13.6. The van der Waals surface area contributed by atoms with E-state index in [0.717, 1.165) is 12.0 Å². The summed E-state index contributed by atoms with van der Waals surface area (Å²) in [7, 11) is 0. The minimum Gasteiger partial charge on any atom is -0.508 e. The Bertz CT molecular complexity index is 960. The number of aldehydes is 1. The van der Waals surface area contributed by atoms with Crippen LogP contribution in [0.5, 0.6) is 11.5 Å². The Morgan fingerprint density at radius 2 is 1.94 bits per heavy atom. The molecule has 6 nitrogen and oxygen atoms in total. The number of esters is 1. The van der Waals surface area contributed by atoms with Crippen molar-refractivity contribution in [3.63, 3.8) is 0 Å². The van der Waals surface area contributed by atoms with Gasteiger partial charge in [-0.2, -0.15) is 0 Å². The zero-order chi connectivity index (χ0) is 25.8. The zero-order valence-electron chi connectivity index (χ0n) is 21.6. The van der Waals surface area contributed by atoms with E-state index in [1.165, 1.54) is 6.07 Å². The number of ketones is 1. The number of phenolic OH excluding ortho intramolecular Hbond substituents is 2. The lowest BCUT2D eigenvalue weighted by atomic mass is 9.59. The summed E-state index contributed by atoms with van der Waals surface area (Å²) in [4.78, 5) is 36.5. The summed E-state index contributed by atoms with van der Waals surface area (Å²) in [5, 5.41) is 20.9. The molecule has 0 amide bonds. The topological polar surface area (TPSA) is 101 Å². The fourth-order valence-electron chi connectivity index (χ4n) is 4.90. The number of hydrogen-bond donors (Lipinski definition) is 2. The maximum atomic E-state index is 12.6. The molecule has 0 spiro atoms. The Morgan fingerprint density at radius 1 is 1.29 bits per heavy atom. The average molecular weight is 473 g/mol. The Labute approximate surface area is 203 Å². The third kappa shape index (κ3) is 6.08. The van der Waals surface area contributed by atoms with Gasteiger partial charge in [-0.3, -0.25) is 14.4 Å². The molecular weight excluding hydrogens is 432 g/mol. The highest BCUT2D eigenvalue weighted by molar-refractivity contribution is 5.83. The molecule has 1 saturated carbocycles. The Kier molecular flexibility index (Phi) is 9.09. The first-order valence-electron chi connectivity index (χ1n) is 12.2. The maximum Gasteiger partial charge on any atom is 0.306 e. The van der Waals surface area contributed by atoms with E-state index in [1.807, 2.05) is 33.8 Å². The van der Waals surface area contributed by atoms with Gasteiger partial charge in [0.05, 0.1) is 5.56 Å². The number of Topliss-reactive ketones (excluding diaryl/α,β-unsaturated/α-hetero) is 1. The monoisotopic (exact) mass is 472 g/mol. The summed E-state index contributed by atoms with van der Waals surface area (Å²) in [5.41, 5.74) is 1.34. The minimum absolute atomic E-state index is 0.0925. The number of rotatable bonds is 9. The van der Waals surface area contributed by atoms with Gasteiger partial charge >= 0.3 is 5.97 Å². The molecule has 1 fully saturated rings. The first-order chi connectivity index (χ1) is 15.8. The highest BCUT2D eigenvalue weighted by atomic mass is 16.5. The predicted octanol–water partition coefficient (Wildman–Crippen LogP) is 5.70. The molecule has 2 N–H and O–H groups in total. The van der Waals surface area contributed by atoms with Crippen LogP contribution >= 0.6 is 0 Å². The normalized spacial score (nSPS) is 24.2. The molecule has 2 rings (SSSR count). The van der Waals surface area contributed by atoms with Gasteiger partial charge in [-0.25, -0.2) is 0 Å². The molecule has 1 aliphatic rings. The molecular formula is C28H40O6. The first-order valence-corrected chi connectivity index (χ1v) is 12.2. The number of hydrogen-bond acceptors (Lipinski definition) is 6. The van der Waals surface area contributed by atoms with Gasteiger partial charge in [0.15, 0.2) is 6.29 Å². The second-order valence-corrected chi connectivity index (χ2v) is 10.6. The van der Waals surface area contributed by atoms with Crippen molar-refractivity contribution >= 4 is 18.0 Å². The highest BCUT2D eigenvalue weighted by Gasteiger charge is 2.45. The molecule has 6 heteroatoms. The molecule has 0 heterocycles. The molecule has 1 aliphatic carbocycles. The molecule has 1 aromatic carbocycles. The largest absolute Gasteiger partial charge is 0.508 e. The molecule has 0 radical (unpaired) electrons. The fourth-order valence-corrected chi connectivity index (χ4v) is 4.90. The van der Waals surface area contributed by atoms with E-state index in [0.29, 0.717) is 37.0 Å². The van der Waals surface area contributed by atoms with Crippen LogP contribution in [0.1, 0.15) is 88.7 Å². The number of allylic oxidation sites excluding steroid dienone is 1. The Hall–Kier alpha value is -2.63. The van der Waals surface area contributed by atoms with E-state index in [-0.39, 0.29) is 58.1 Å². The molecule has 34 heavy (non-hydrogen) atoms. The van der Waals surface area contributed by atoms with Crippen molar-refractivity contribution in [2.24, 2.45) is 23.2 Å². The van der Waals surface area contributed by atoms with Crippen LogP contribution in [-0.4, -0.2) is 34.4 Å². The van der Waals surface area contributed by atoms with Crippen LogP contribution in [0.3, 0.4) is 0 Å². The highest BCUT2D eigenvalue weighted by Crippen LogP contribution is 2.48. The standard InChI is InChI=1S/C28H40O6/c1-16(2)12-26(32)34-25(14-28(7)19(5)9-11-23(30)20(28)6)17(3)8-10-21-24(31)13-18(4)22(15-29)27(21)33/h8,13,15-16,19-20,25,31,33H,9-12,14H2,1-7H3/b17-8+/t19-,20+,25-,28+/m1/s1. The third-order valence-electron chi connectivity index (χ3n) is 7.78. The van der Waals surface area contributed by atoms with E-state index in [2.05, 4.69) is 13.8 Å². The molecule has 4 atom stereocenters. The van der Waals surface area contributed by atoms with Crippen LogP contribution in [-0.2, 0) is 20.7 Å². The summed E-state index contributed by atoms with van der Waals surface area (Å²) >= 11 is 0. The van der Waals surface area contributed by atoms with Gasteiger partial charge in [0.2, 0.25) is 0 Å². The number of benzene rings is 1. The molecule has 0 aliphatic heterocycles. The zero-order valence-corrected chi connectivity index (χ0v) is 21.6. The van der Waals surface area contributed by atoms with Gasteiger partial charge < -0.3 is 14.9 Å². The van der Waals surface area contributed by atoms with Crippen molar-refractivity contribution < 1.29 is 29.3 Å². The molecule has 0 aromatic heterocycles. The van der Waals surface area contributed by atoms with Gasteiger partial charge in [0.25, 0.3) is 0 Å². The van der Waals surface area contributed by atoms with E-state index >= 15 is 0 Å². The lowest BCUT2D eigenvalue weighted by Gasteiger charge is -2.45. The number of ether oxygens (including phenoxy) is 1. The van der Waals surface area contributed by atoms with Gasteiger partial charge in [-0.15, -0.1) is 0 Å². The van der Waals surface area contributed by atoms with Crippen LogP contribution in [0.2, 0.25) is 0 Å². The van der Waals surface area contributed by atoms with Crippen LogP contribution < -0.4 is 0 Å². The van der Waals surface area contributed by atoms with E-state index in [4.69, 9.17) is 4.74 Å². The number of phenols is 2. The Balaban J connectivity index is 2.39. The summed E-state index contributed by atoms with van der Waals surface area (Å²) in [6, 6.07) is 1.46. The number of carbonyl (C=O) groups excluding carboxylic acids is 3. The van der Waals surface area contributed by atoms with E-state index in [1.54, 1.807) is 6.92 Å². The van der Waals surface area contributed by atoms with Crippen molar-refractivity contribution in [1.29, 1.82) is 0 Å². The smallest absolute Gasteiger partial charge is 0.306 e. The molecule has 188 valence electrons. The van der Waals surface area contributed by atoms with Crippen LogP contribution in [0, 0.1) is 30.1 Å². The summed E-state index contributed by atoms with van der Waals surface area (Å²) in [5.74, 6) is -0.0730. The third-order valence-corrected chi connectivity index (χ3v) is 7.78. The number of aryl methyl sites for hydroxylation is 1. The molecule has 1 aromatic rings. The van der Waals surface area contributed by atoms with Crippen molar-refractivity contribution in [3.8, 4) is 11.5 Å². The molecule has 0 saturated heterocycles. The molecule has 0 bridgehead atoms. The SMILES string of the molecule is C/C(=C\Cc1c(O)cc(C)c(C=O)c1O)[C@@H](C[C@@]1(C)[C@H](C)CCC(=O)[C@@H]1C)OC(=O)CC(C)C. The second-order valence-electron chi connectivity index (χ2n) is 10.6. The van der Waals surface area contributed by atoms with Gasteiger partial charge in [-0.05, 0) is 67.6 Å².